The Hall–Kier alpha value is -2.93. The Bertz CT molecular complexity index is 891. The van der Waals surface area contributed by atoms with E-state index >= 15 is 0 Å². The molecule has 0 bridgehead atoms. The Morgan fingerprint density at radius 1 is 1.08 bits per heavy atom. The summed E-state index contributed by atoms with van der Waals surface area (Å²) in [5.41, 5.74) is 1.37. The van der Waals surface area contributed by atoms with Gasteiger partial charge in [-0.1, -0.05) is 23.5 Å². The molecule has 0 spiro atoms. The molecule has 1 amide bonds. The second kappa shape index (κ2) is 7.97. The van der Waals surface area contributed by atoms with Crippen molar-refractivity contribution in [2.45, 2.75) is 20.0 Å². The van der Waals surface area contributed by atoms with Gasteiger partial charge < -0.3 is 9.47 Å². The number of amides is 1. The van der Waals surface area contributed by atoms with E-state index in [-0.39, 0.29) is 12.0 Å². The van der Waals surface area contributed by atoms with E-state index in [2.05, 4.69) is 15.5 Å². The molecule has 0 radical (unpaired) electrons. The van der Waals surface area contributed by atoms with Gasteiger partial charge >= 0.3 is 0 Å². The van der Waals surface area contributed by atoms with E-state index < -0.39 is 0 Å². The molecule has 0 saturated carbocycles. The molecule has 0 saturated heterocycles. The summed E-state index contributed by atoms with van der Waals surface area (Å²) in [6.07, 6.45) is -0.0212. The molecule has 0 fully saturated rings. The Labute approximate surface area is 155 Å². The smallest absolute Gasteiger partial charge is 0.261 e. The minimum atomic E-state index is -0.279. The largest absolute Gasteiger partial charge is 0.497 e. The van der Waals surface area contributed by atoms with Gasteiger partial charge in [-0.25, -0.2) is 0 Å². The van der Waals surface area contributed by atoms with Crippen molar-refractivity contribution in [3.8, 4) is 22.1 Å². The summed E-state index contributed by atoms with van der Waals surface area (Å²) in [5.74, 6) is 1.03. The molecule has 0 aliphatic heterocycles. The average molecular weight is 369 g/mol. The molecule has 1 aromatic heterocycles. The molecule has 0 aliphatic rings. The first kappa shape index (κ1) is 17.9. The molecule has 0 unspecified atom stereocenters. The first-order valence-electron chi connectivity index (χ1n) is 8.12. The molecule has 3 aromatic rings. The van der Waals surface area contributed by atoms with Crippen molar-refractivity contribution in [1.29, 1.82) is 0 Å². The molecule has 2 aromatic carbocycles. The minimum Gasteiger partial charge on any atom is -0.497 e. The molecule has 0 atom stereocenters. The number of ether oxygens (including phenoxy) is 2. The van der Waals surface area contributed by atoms with Crippen molar-refractivity contribution in [3.05, 3.63) is 54.1 Å². The summed E-state index contributed by atoms with van der Waals surface area (Å²) >= 11 is 1.31. The summed E-state index contributed by atoms with van der Waals surface area (Å²) < 4.78 is 10.8. The average Bonchev–Trinajstić information content (AvgIpc) is 3.10. The summed E-state index contributed by atoms with van der Waals surface area (Å²) in [7, 11) is 1.62. The number of methoxy groups -OCH3 is 1. The van der Waals surface area contributed by atoms with Gasteiger partial charge in [-0.2, -0.15) is 0 Å². The standard InChI is InChI=1S/C19H19N3O3S/c1-12(2)25-16-7-5-4-6-15(16)17(23)20-19-22-21-18(26-19)13-8-10-14(24-3)11-9-13/h4-12H,1-3H3,(H,20,22,23). The summed E-state index contributed by atoms with van der Waals surface area (Å²) in [5, 5.41) is 12.1. The molecule has 3 rings (SSSR count). The Balaban J connectivity index is 1.76. The fourth-order valence-electron chi connectivity index (χ4n) is 2.30. The van der Waals surface area contributed by atoms with Crippen LogP contribution >= 0.6 is 11.3 Å². The maximum absolute atomic E-state index is 12.6. The first-order valence-corrected chi connectivity index (χ1v) is 8.93. The van der Waals surface area contributed by atoms with Crippen LogP contribution in [-0.2, 0) is 0 Å². The SMILES string of the molecule is COc1ccc(-c2nnc(NC(=O)c3ccccc3OC(C)C)s2)cc1. The van der Waals surface area contributed by atoms with Crippen LogP contribution in [0.15, 0.2) is 48.5 Å². The lowest BCUT2D eigenvalue weighted by atomic mass is 10.2. The number of para-hydroxylation sites is 1. The van der Waals surface area contributed by atoms with Crippen molar-refractivity contribution in [1.82, 2.24) is 10.2 Å². The summed E-state index contributed by atoms with van der Waals surface area (Å²) in [4.78, 5) is 12.6. The first-order chi connectivity index (χ1) is 12.6. The van der Waals surface area contributed by atoms with Crippen LogP contribution in [0.25, 0.3) is 10.6 Å². The highest BCUT2D eigenvalue weighted by Crippen LogP contribution is 2.28. The number of nitrogens with one attached hydrogen (secondary N) is 1. The number of carbonyl (C=O) groups is 1. The number of hydrogen-bond acceptors (Lipinski definition) is 6. The van der Waals surface area contributed by atoms with Gasteiger partial charge in [-0.3, -0.25) is 10.1 Å². The number of hydrogen-bond donors (Lipinski definition) is 1. The van der Waals surface area contributed by atoms with E-state index in [0.29, 0.717) is 16.4 Å². The number of anilines is 1. The maximum Gasteiger partial charge on any atom is 0.261 e. The molecule has 26 heavy (non-hydrogen) atoms. The fourth-order valence-corrected chi connectivity index (χ4v) is 3.04. The Morgan fingerprint density at radius 2 is 1.81 bits per heavy atom. The minimum absolute atomic E-state index is 0.0212. The molecule has 1 heterocycles. The third-order valence-electron chi connectivity index (χ3n) is 3.48. The van der Waals surface area contributed by atoms with Crippen molar-refractivity contribution in [3.63, 3.8) is 0 Å². The second-order valence-corrected chi connectivity index (χ2v) is 6.74. The van der Waals surface area contributed by atoms with E-state index in [4.69, 9.17) is 9.47 Å². The highest BCUT2D eigenvalue weighted by Gasteiger charge is 2.16. The van der Waals surface area contributed by atoms with Gasteiger partial charge in [-0.15, -0.1) is 10.2 Å². The third-order valence-corrected chi connectivity index (χ3v) is 4.36. The van der Waals surface area contributed by atoms with Crippen molar-refractivity contribution >= 4 is 22.4 Å². The quantitative estimate of drug-likeness (QED) is 0.703. The molecule has 0 aliphatic carbocycles. The van der Waals surface area contributed by atoms with Gasteiger partial charge in [0.1, 0.15) is 16.5 Å². The molecular weight excluding hydrogens is 350 g/mol. The lowest BCUT2D eigenvalue weighted by Gasteiger charge is -2.13. The molecular formula is C19H19N3O3S. The maximum atomic E-state index is 12.6. The lowest BCUT2D eigenvalue weighted by molar-refractivity contribution is 0.102. The van der Waals surface area contributed by atoms with Crippen LogP contribution in [-0.4, -0.2) is 29.3 Å². The third kappa shape index (κ3) is 4.18. The number of aromatic nitrogens is 2. The van der Waals surface area contributed by atoms with Gasteiger partial charge in [0.2, 0.25) is 5.13 Å². The zero-order chi connectivity index (χ0) is 18.5. The van der Waals surface area contributed by atoms with Crippen LogP contribution in [0.1, 0.15) is 24.2 Å². The van der Waals surface area contributed by atoms with Crippen LogP contribution in [0, 0.1) is 0 Å². The second-order valence-electron chi connectivity index (χ2n) is 5.76. The Morgan fingerprint density at radius 3 is 2.50 bits per heavy atom. The predicted octanol–water partition coefficient (Wildman–Crippen LogP) is 4.25. The summed E-state index contributed by atoms with van der Waals surface area (Å²) in [6, 6.07) is 14.6. The van der Waals surface area contributed by atoms with Gasteiger partial charge in [0.15, 0.2) is 0 Å². The van der Waals surface area contributed by atoms with E-state index in [9.17, 15) is 4.79 Å². The van der Waals surface area contributed by atoms with Gasteiger partial charge in [0.25, 0.3) is 5.91 Å². The van der Waals surface area contributed by atoms with E-state index in [1.54, 1.807) is 25.3 Å². The van der Waals surface area contributed by atoms with Crippen molar-refractivity contribution in [2.24, 2.45) is 0 Å². The number of rotatable bonds is 6. The highest BCUT2D eigenvalue weighted by molar-refractivity contribution is 7.18. The molecule has 6 nitrogen and oxygen atoms in total. The van der Waals surface area contributed by atoms with Crippen molar-refractivity contribution in [2.75, 3.05) is 12.4 Å². The number of benzene rings is 2. The van der Waals surface area contributed by atoms with Crippen LogP contribution < -0.4 is 14.8 Å². The van der Waals surface area contributed by atoms with Crippen LogP contribution in [0.4, 0.5) is 5.13 Å². The zero-order valence-corrected chi connectivity index (χ0v) is 15.5. The number of carbonyl (C=O) groups excluding carboxylic acids is 1. The molecule has 7 heteroatoms. The zero-order valence-electron chi connectivity index (χ0n) is 14.7. The van der Waals surface area contributed by atoms with Gasteiger partial charge in [-0.05, 0) is 50.2 Å². The lowest BCUT2D eigenvalue weighted by Crippen LogP contribution is -2.15. The predicted molar refractivity (Wildman–Crippen MR) is 102 cm³/mol. The number of nitrogens with zero attached hydrogens (tertiary/aromatic N) is 2. The fraction of sp³-hybridized carbons (Fsp3) is 0.211. The van der Waals surface area contributed by atoms with Crippen molar-refractivity contribution < 1.29 is 14.3 Å². The summed E-state index contributed by atoms with van der Waals surface area (Å²) in [6.45, 7) is 3.83. The van der Waals surface area contributed by atoms with E-state index in [0.717, 1.165) is 16.3 Å². The topological polar surface area (TPSA) is 73.3 Å². The molecule has 1 N–H and O–H groups in total. The normalized spacial score (nSPS) is 10.6. The molecule has 134 valence electrons. The van der Waals surface area contributed by atoms with E-state index in [1.807, 2.05) is 44.2 Å². The van der Waals surface area contributed by atoms with Gasteiger partial charge in [0.05, 0.1) is 18.8 Å². The van der Waals surface area contributed by atoms with Crippen LogP contribution in [0.5, 0.6) is 11.5 Å². The van der Waals surface area contributed by atoms with Gasteiger partial charge in [0, 0.05) is 5.56 Å². The Kier molecular flexibility index (Phi) is 5.48. The van der Waals surface area contributed by atoms with Crippen LogP contribution in [0.3, 0.4) is 0 Å². The van der Waals surface area contributed by atoms with Crippen LogP contribution in [0.2, 0.25) is 0 Å². The highest BCUT2D eigenvalue weighted by atomic mass is 32.1. The monoisotopic (exact) mass is 369 g/mol. The van der Waals surface area contributed by atoms with E-state index in [1.165, 1.54) is 11.3 Å².